The van der Waals surface area contributed by atoms with Crippen LogP contribution in [0, 0.1) is 6.92 Å². The van der Waals surface area contributed by atoms with Gasteiger partial charge in [-0.2, -0.15) is 0 Å². The van der Waals surface area contributed by atoms with Gasteiger partial charge in [-0.05, 0) is 131 Å². The molecule has 12 rings (SSSR count). The number of nitrogens with one attached hydrogen (secondary N) is 1. The predicted molar refractivity (Wildman–Crippen MR) is 284 cm³/mol. The molecular weight excluding hydrogens is 818 g/mol. The molecule has 0 unspecified atom stereocenters. The first-order valence-electron chi connectivity index (χ1n) is 22.5. The molecular formula is C61H43BN3S. The Hall–Kier alpha value is -8.12. The van der Waals surface area contributed by atoms with Crippen LogP contribution in [0.3, 0.4) is 0 Å². The van der Waals surface area contributed by atoms with Crippen molar-refractivity contribution in [3.63, 3.8) is 0 Å². The molecule has 2 heterocycles. The second-order valence-corrected chi connectivity index (χ2v) is 17.9. The molecule has 0 spiro atoms. The van der Waals surface area contributed by atoms with E-state index in [1.54, 1.807) is 0 Å². The SMILES string of the molecule is Cc1cc(-c2ccccc2)ccc1N1c2ccc(N(c3ccccc3)c3ccccc3)cc2[B]c2c(-c3ccccc3Nc3cccc(-c4ccccc4)c3)cc3c(sc4ccccc43)c21. The van der Waals surface area contributed by atoms with Gasteiger partial charge in [0.05, 0.1) is 10.4 Å². The van der Waals surface area contributed by atoms with Gasteiger partial charge in [0.15, 0.2) is 7.28 Å². The van der Waals surface area contributed by atoms with Gasteiger partial charge in [0, 0.05) is 60.8 Å². The fraction of sp³-hybridized carbons (Fsp3) is 0.0164. The topological polar surface area (TPSA) is 18.5 Å². The smallest absolute Gasteiger partial charge is 0.198 e. The molecule has 1 N–H and O–H groups in total. The summed E-state index contributed by atoms with van der Waals surface area (Å²) in [7, 11) is 2.44. The monoisotopic (exact) mass is 860 g/mol. The molecule has 0 saturated heterocycles. The van der Waals surface area contributed by atoms with Crippen molar-refractivity contribution < 1.29 is 0 Å². The van der Waals surface area contributed by atoms with Crippen LogP contribution in [-0.4, -0.2) is 7.28 Å². The molecule has 311 valence electrons. The highest BCUT2D eigenvalue weighted by atomic mass is 32.1. The third kappa shape index (κ3) is 7.11. The van der Waals surface area contributed by atoms with Gasteiger partial charge in [0.2, 0.25) is 0 Å². The molecule has 1 aliphatic heterocycles. The first-order chi connectivity index (χ1) is 32.6. The van der Waals surface area contributed by atoms with Gasteiger partial charge in [-0.25, -0.2) is 0 Å². The lowest BCUT2D eigenvalue weighted by molar-refractivity contribution is 1.25. The van der Waals surface area contributed by atoms with Crippen LogP contribution in [0.2, 0.25) is 0 Å². The summed E-state index contributed by atoms with van der Waals surface area (Å²) in [4.78, 5) is 4.90. The summed E-state index contributed by atoms with van der Waals surface area (Å²) < 4.78 is 2.54. The van der Waals surface area contributed by atoms with Crippen molar-refractivity contribution in [3.8, 4) is 33.4 Å². The standard InChI is InChI=1S/C61H43BN3S/c1-41-37-45(43-21-8-3-9-22-43)33-35-56(41)65-57-36-34-49(64(47-25-10-4-11-26-47)48-27-12-5-13-28-48)39-54(57)62-59-52(40-53-51-30-15-17-32-58(51)66-61(53)60(59)65)50-29-14-16-31-55(50)63-46-24-18-23-44(38-46)42-19-6-2-7-20-42/h2-40,63H,1H3. The Kier molecular flexibility index (Phi) is 10.0. The largest absolute Gasteiger partial charge is 0.355 e. The van der Waals surface area contributed by atoms with Gasteiger partial charge in [-0.15, -0.1) is 11.3 Å². The van der Waals surface area contributed by atoms with Crippen LogP contribution >= 0.6 is 11.3 Å². The fourth-order valence-corrected chi connectivity index (χ4v) is 10.9. The number of hydrogen-bond donors (Lipinski definition) is 1. The average Bonchev–Trinajstić information content (AvgIpc) is 3.75. The van der Waals surface area contributed by atoms with Gasteiger partial charge in [-0.1, -0.05) is 157 Å². The first kappa shape index (κ1) is 39.5. The van der Waals surface area contributed by atoms with E-state index in [0.29, 0.717) is 0 Å². The number of anilines is 8. The van der Waals surface area contributed by atoms with Crippen LogP contribution in [0.1, 0.15) is 5.56 Å². The van der Waals surface area contributed by atoms with Crippen LogP contribution in [0.4, 0.5) is 45.5 Å². The summed E-state index contributed by atoms with van der Waals surface area (Å²) >= 11 is 1.88. The number of benzene rings is 10. The highest BCUT2D eigenvalue weighted by molar-refractivity contribution is 7.26. The number of nitrogens with zero attached hydrogens (tertiary/aromatic N) is 2. The third-order valence-electron chi connectivity index (χ3n) is 12.8. The molecule has 0 bridgehead atoms. The molecule has 0 saturated carbocycles. The minimum absolute atomic E-state index is 1.04. The van der Waals surface area contributed by atoms with Crippen molar-refractivity contribution in [2.45, 2.75) is 6.92 Å². The molecule has 0 aliphatic carbocycles. The van der Waals surface area contributed by atoms with Gasteiger partial charge in [-0.3, -0.25) is 0 Å². The second kappa shape index (κ2) is 16.8. The van der Waals surface area contributed by atoms with Crippen molar-refractivity contribution in [3.05, 3.63) is 242 Å². The highest BCUT2D eigenvalue weighted by Gasteiger charge is 2.33. The number of fused-ring (bicyclic) bond motifs is 6. The first-order valence-corrected chi connectivity index (χ1v) is 23.3. The van der Waals surface area contributed by atoms with E-state index in [9.17, 15) is 0 Å². The fourth-order valence-electron chi connectivity index (χ4n) is 9.68. The molecule has 10 aromatic carbocycles. The third-order valence-corrected chi connectivity index (χ3v) is 13.9. The Balaban J connectivity index is 1.10. The van der Waals surface area contributed by atoms with Crippen LogP contribution < -0.4 is 26.0 Å². The van der Waals surface area contributed by atoms with Gasteiger partial charge in [0.1, 0.15) is 0 Å². The molecule has 0 amide bonds. The zero-order chi connectivity index (χ0) is 44.0. The summed E-state index contributed by atoms with van der Waals surface area (Å²) in [6, 6.07) is 85.4. The lowest BCUT2D eigenvalue weighted by atomic mass is 9.58. The van der Waals surface area contributed by atoms with Crippen molar-refractivity contribution in [2.24, 2.45) is 0 Å². The quantitative estimate of drug-likeness (QED) is 0.146. The van der Waals surface area contributed by atoms with E-state index >= 15 is 0 Å². The van der Waals surface area contributed by atoms with E-state index in [2.05, 4.69) is 266 Å². The number of rotatable bonds is 9. The van der Waals surface area contributed by atoms with Crippen molar-refractivity contribution in [1.29, 1.82) is 0 Å². The molecule has 3 nitrogen and oxygen atoms in total. The van der Waals surface area contributed by atoms with E-state index in [0.717, 1.165) is 50.8 Å². The van der Waals surface area contributed by atoms with Gasteiger partial charge >= 0.3 is 0 Å². The van der Waals surface area contributed by atoms with Gasteiger partial charge < -0.3 is 15.1 Å². The normalized spacial score (nSPS) is 11.8. The van der Waals surface area contributed by atoms with E-state index < -0.39 is 0 Å². The Bertz CT molecular complexity index is 3510. The summed E-state index contributed by atoms with van der Waals surface area (Å²) in [6.07, 6.45) is 0. The van der Waals surface area contributed by atoms with Crippen LogP contribution in [-0.2, 0) is 0 Å². The lowest BCUT2D eigenvalue weighted by Crippen LogP contribution is -2.41. The Morgan fingerprint density at radius 1 is 0.455 bits per heavy atom. The molecule has 1 aliphatic rings. The highest BCUT2D eigenvalue weighted by Crippen LogP contribution is 2.49. The summed E-state index contributed by atoms with van der Waals surface area (Å²) in [6.45, 7) is 2.26. The molecule has 5 heteroatoms. The Morgan fingerprint density at radius 2 is 1.06 bits per heavy atom. The molecule has 11 aromatic rings. The summed E-state index contributed by atoms with van der Waals surface area (Å²) in [5, 5.41) is 6.41. The van der Waals surface area contributed by atoms with E-state index in [-0.39, 0.29) is 0 Å². The summed E-state index contributed by atoms with van der Waals surface area (Å²) in [5.74, 6) is 0. The van der Waals surface area contributed by atoms with Crippen LogP contribution in [0.5, 0.6) is 0 Å². The molecule has 0 atom stereocenters. The minimum Gasteiger partial charge on any atom is -0.355 e. The lowest BCUT2D eigenvalue weighted by Gasteiger charge is -2.37. The average molecular weight is 861 g/mol. The predicted octanol–water partition coefficient (Wildman–Crippen LogP) is 16.0. The molecule has 1 aromatic heterocycles. The van der Waals surface area contributed by atoms with Crippen molar-refractivity contribution in [2.75, 3.05) is 15.1 Å². The maximum absolute atomic E-state index is 3.89. The molecule has 66 heavy (non-hydrogen) atoms. The van der Waals surface area contributed by atoms with Crippen LogP contribution in [0.15, 0.2) is 237 Å². The Morgan fingerprint density at radius 3 is 1.77 bits per heavy atom. The minimum atomic E-state index is 1.04. The van der Waals surface area contributed by atoms with E-state index in [1.165, 1.54) is 64.7 Å². The number of hydrogen-bond acceptors (Lipinski definition) is 4. The summed E-state index contributed by atoms with van der Waals surface area (Å²) in [5.41, 5.74) is 19.5. The maximum atomic E-state index is 3.89. The second-order valence-electron chi connectivity index (χ2n) is 16.9. The van der Waals surface area contributed by atoms with Crippen molar-refractivity contribution >= 4 is 95.2 Å². The zero-order valence-corrected chi connectivity index (χ0v) is 37.2. The Labute approximate surface area is 390 Å². The van der Waals surface area contributed by atoms with Crippen LogP contribution in [0.25, 0.3) is 53.6 Å². The molecule has 1 radical (unpaired) electrons. The zero-order valence-electron chi connectivity index (χ0n) is 36.4. The maximum Gasteiger partial charge on any atom is 0.198 e. The van der Waals surface area contributed by atoms with Crippen molar-refractivity contribution in [1.82, 2.24) is 0 Å². The molecule has 0 fully saturated rings. The number of aryl methyl sites for hydroxylation is 1. The van der Waals surface area contributed by atoms with E-state index in [1.807, 2.05) is 11.3 Å². The van der Waals surface area contributed by atoms with E-state index in [4.69, 9.17) is 0 Å². The number of thiophene rings is 1. The number of para-hydroxylation sites is 3. The van der Waals surface area contributed by atoms with Gasteiger partial charge in [0.25, 0.3) is 0 Å².